The molecule has 198 valence electrons. The lowest BCUT2D eigenvalue weighted by molar-refractivity contribution is -0.124. The van der Waals surface area contributed by atoms with Crippen LogP contribution in [0.25, 0.3) is 10.9 Å². The number of carbonyl (C=O) groups excluding carboxylic acids is 1. The predicted molar refractivity (Wildman–Crippen MR) is 147 cm³/mol. The average molecular weight is 526 g/mol. The Labute approximate surface area is 216 Å². The molecule has 1 aliphatic rings. The van der Waals surface area contributed by atoms with E-state index in [2.05, 4.69) is 28.9 Å². The van der Waals surface area contributed by atoms with Crippen LogP contribution in [0.1, 0.15) is 55.7 Å². The average Bonchev–Trinajstić information content (AvgIpc) is 2.81. The van der Waals surface area contributed by atoms with Crippen molar-refractivity contribution < 1.29 is 21.2 Å². The summed E-state index contributed by atoms with van der Waals surface area (Å²) in [7, 11) is -3.62. The molecule has 1 heterocycles. The number of para-hydroxylation sites is 1. The largest absolute Gasteiger partial charge is 0.391 e. The first-order valence-corrected chi connectivity index (χ1v) is 15.4. The molecular weight excluding hydrogens is 482 g/mol. The lowest BCUT2D eigenvalue weighted by Crippen LogP contribution is -2.53. The van der Waals surface area contributed by atoms with Gasteiger partial charge in [0.25, 0.3) is 0 Å². The Morgan fingerprint density at radius 3 is 2.69 bits per heavy atom. The molecule has 1 saturated carbocycles. The van der Waals surface area contributed by atoms with Crippen molar-refractivity contribution in [1.82, 2.24) is 15.0 Å². The van der Waals surface area contributed by atoms with Gasteiger partial charge in [0.15, 0.2) is 0 Å². The Kier molecular flexibility index (Phi) is 9.98. The molecule has 2 aromatic rings. The van der Waals surface area contributed by atoms with E-state index in [4.69, 9.17) is 0 Å². The summed E-state index contributed by atoms with van der Waals surface area (Å²) >= 11 is 1.39. The van der Waals surface area contributed by atoms with Gasteiger partial charge in [0, 0.05) is 25.1 Å². The minimum Gasteiger partial charge on any atom is -0.391 e. The number of nitrogens with zero attached hydrogens (tertiary/aromatic N) is 1. The van der Waals surface area contributed by atoms with E-state index in [9.17, 15) is 18.3 Å². The molecule has 0 aliphatic heterocycles. The van der Waals surface area contributed by atoms with Crippen LogP contribution >= 0.6 is 11.8 Å². The van der Waals surface area contributed by atoms with Crippen LogP contribution in [0.3, 0.4) is 0 Å². The van der Waals surface area contributed by atoms with Gasteiger partial charge in [-0.1, -0.05) is 45.4 Å². The molecule has 0 spiro atoms. The van der Waals surface area contributed by atoms with Gasteiger partial charge in [-0.3, -0.25) is 9.78 Å². The fourth-order valence-corrected chi connectivity index (χ4v) is 6.97. The van der Waals surface area contributed by atoms with E-state index in [1.54, 1.807) is 6.20 Å². The van der Waals surface area contributed by atoms with Crippen LogP contribution in [0, 0.1) is 17.8 Å². The molecule has 1 aromatic heterocycles. The summed E-state index contributed by atoms with van der Waals surface area (Å²) in [5.74, 6) is 1.49. The zero-order valence-electron chi connectivity index (χ0n) is 21.1. The molecule has 9 heteroatoms. The summed E-state index contributed by atoms with van der Waals surface area (Å²) < 4.78 is 26.5. The molecule has 3 rings (SSSR count). The number of aromatic nitrogens is 1. The number of hydrogen-bond acceptors (Lipinski definition) is 6. The molecule has 1 aliphatic carbocycles. The van der Waals surface area contributed by atoms with Gasteiger partial charge in [0.05, 0.1) is 23.9 Å². The molecule has 1 amide bonds. The van der Waals surface area contributed by atoms with E-state index in [0.717, 1.165) is 34.4 Å². The fraction of sp³-hybridized carbons (Fsp3) is 0.615. The van der Waals surface area contributed by atoms with Crippen LogP contribution in [0.4, 0.5) is 0 Å². The Balaban J connectivity index is 0.00000342. The maximum Gasteiger partial charge on any atom is 0.239 e. The highest BCUT2D eigenvalue weighted by molar-refractivity contribution is 7.99. The molecule has 1 aromatic carbocycles. The summed E-state index contributed by atoms with van der Waals surface area (Å²) in [6.07, 6.45) is 6.74. The highest BCUT2D eigenvalue weighted by Gasteiger charge is 2.31. The maximum absolute atomic E-state index is 13.2. The molecular formula is C26H43N3O4S2. The van der Waals surface area contributed by atoms with Crippen molar-refractivity contribution in [2.75, 3.05) is 12.0 Å². The zero-order chi connectivity index (χ0) is 25.6. The van der Waals surface area contributed by atoms with Gasteiger partial charge in [0.1, 0.15) is 6.04 Å². The van der Waals surface area contributed by atoms with Gasteiger partial charge in [-0.2, -0.15) is 0 Å². The van der Waals surface area contributed by atoms with Gasteiger partial charge in [0.2, 0.25) is 15.9 Å². The van der Waals surface area contributed by atoms with Crippen LogP contribution < -0.4 is 10.0 Å². The summed E-state index contributed by atoms with van der Waals surface area (Å²) in [5, 5.41) is 14.9. The number of aliphatic hydroxyl groups excluding tert-OH is 1. The van der Waals surface area contributed by atoms with Crippen LogP contribution in [-0.2, 0) is 14.8 Å². The fourth-order valence-electron chi connectivity index (χ4n) is 5.09. The number of amides is 1. The van der Waals surface area contributed by atoms with Crippen molar-refractivity contribution in [3.05, 3.63) is 36.5 Å². The molecule has 0 radical (unpaired) electrons. The summed E-state index contributed by atoms with van der Waals surface area (Å²) in [6.45, 7) is 6.45. The van der Waals surface area contributed by atoms with Crippen molar-refractivity contribution in [3.8, 4) is 0 Å². The minimum atomic E-state index is -3.62. The Morgan fingerprint density at radius 2 is 2.00 bits per heavy atom. The number of hydrogen-bond donors (Lipinski definition) is 3. The second-order valence-corrected chi connectivity index (χ2v) is 12.9. The van der Waals surface area contributed by atoms with Gasteiger partial charge < -0.3 is 10.4 Å². The van der Waals surface area contributed by atoms with Crippen LogP contribution in [0.15, 0.2) is 41.4 Å². The smallest absolute Gasteiger partial charge is 0.239 e. The molecule has 6 atom stereocenters. The first-order chi connectivity index (χ1) is 16.6. The first kappa shape index (κ1) is 27.9. The molecule has 1 fully saturated rings. The number of thioether (sulfide) groups is 1. The summed E-state index contributed by atoms with van der Waals surface area (Å²) in [5.41, 5.74) is 0.816. The van der Waals surface area contributed by atoms with E-state index in [1.165, 1.54) is 24.6 Å². The van der Waals surface area contributed by atoms with Crippen LogP contribution in [0.2, 0.25) is 0 Å². The molecule has 3 N–H and O–H groups in total. The predicted octanol–water partition coefficient (Wildman–Crippen LogP) is 4.45. The van der Waals surface area contributed by atoms with Crippen LogP contribution in [-0.4, -0.2) is 54.6 Å². The van der Waals surface area contributed by atoms with Gasteiger partial charge in [-0.15, -0.1) is 11.8 Å². The monoisotopic (exact) mass is 525 g/mol. The number of benzene rings is 1. The third-order valence-electron chi connectivity index (χ3n) is 7.06. The quantitative estimate of drug-likeness (QED) is 0.374. The molecule has 7 nitrogen and oxygen atoms in total. The number of pyridine rings is 1. The van der Waals surface area contributed by atoms with E-state index in [1.807, 2.05) is 37.3 Å². The summed E-state index contributed by atoms with van der Waals surface area (Å²) in [6, 6.07) is 8.23. The molecule has 0 bridgehead atoms. The lowest BCUT2D eigenvalue weighted by Gasteiger charge is -2.35. The van der Waals surface area contributed by atoms with E-state index < -0.39 is 34.1 Å². The van der Waals surface area contributed by atoms with Gasteiger partial charge >= 0.3 is 0 Å². The number of nitrogens with one attached hydrogen (secondary N) is 2. The Morgan fingerprint density at radius 1 is 1.26 bits per heavy atom. The Hall–Kier alpha value is -1.68. The standard InChI is InChI=1S/C26H39N3O4S2.2H2/c1-5-21(23(30)15-20-12-11-17(2)14-18(20)3)28-26(31)22(29-35(4,32)33)16-34-24-10-6-8-19-9-7-13-27-25(19)24;;/h6-10,13,17-18,20-23,29-30H,5,11-12,14-16H2,1-4H3,(H,28,31);2*1H/t17?,18?,20?,21-,22+,23+;;/m0../s1. The highest BCUT2D eigenvalue weighted by Crippen LogP contribution is 2.36. The second kappa shape index (κ2) is 12.5. The number of carbonyl (C=O) groups is 1. The van der Waals surface area contributed by atoms with Crippen LogP contribution in [0.5, 0.6) is 0 Å². The van der Waals surface area contributed by atoms with Gasteiger partial charge in [-0.25, -0.2) is 13.1 Å². The van der Waals surface area contributed by atoms with E-state index >= 15 is 0 Å². The van der Waals surface area contributed by atoms with Crippen molar-refractivity contribution in [2.45, 2.75) is 76.0 Å². The molecule has 3 unspecified atom stereocenters. The number of rotatable bonds is 11. The topological polar surface area (TPSA) is 108 Å². The highest BCUT2D eigenvalue weighted by atomic mass is 32.2. The van der Waals surface area contributed by atoms with Crippen molar-refractivity contribution in [3.63, 3.8) is 0 Å². The SMILES string of the molecule is CC[C@H](NC(=O)[C@@H](CSc1cccc2cccnc12)NS(C)(=O)=O)[C@H](O)CC1CCC(C)CC1C.[HH].[HH]. The number of aliphatic hydroxyl groups is 1. The van der Waals surface area contributed by atoms with Crippen molar-refractivity contribution in [2.24, 2.45) is 17.8 Å². The first-order valence-electron chi connectivity index (χ1n) is 12.5. The Bertz CT molecular complexity index is 1100. The second-order valence-electron chi connectivity index (χ2n) is 10.1. The van der Waals surface area contributed by atoms with E-state index in [-0.39, 0.29) is 8.61 Å². The van der Waals surface area contributed by atoms with Gasteiger partial charge in [-0.05, 0) is 55.6 Å². The molecule has 0 saturated heterocycles. The third kappa shape index (κ3) is 8.17. The lowest BCUT2D eigenvalue weighted by atomic mass is 9.73. The normalized spacial score (nSPS) is 23.5. The third-order valence-corrected chi connectivity index (χ3v) is 8.91. The summed E-state index contributed by atoms with van der Waals surface area (Å²) in [4.78, 5) is 18.5. The number of sulfonamides is 1. The van der Waals surface area contributed by atoms with Crippen molar-refractivity contribution >= 4 is 38.6 Å². The minimum absolute atomic E-state index is 0. The number of fused-ring (bicyclic) bond motifs is 1. The molecule has 35 heavy (non-hydrogen) atoms. The van der Waals surface area contributed by atoms with E-state index in [0.29, 0.717) is 24.7 Å². The maximum atomic E-state index is 13.2. The van der Waals surface area contributed by atoms with Crippen molar-refractivity contribution in [1.29, 1.82) is 0 Å². The zero-order valence-corrected chi connectivity index (χ0v) is 22.7.